The molecule has 0 saturated heterocycles. The molecule has 1 fully saturated rings. The van der Waals surface area contributed by atoms with E-state index >= 15 is 0 Å². The third kappa shape index (κ3) is 2.37. The van der Waals surface area contributed by atoms with Gasteiger partial charge in [-0.1, -0.05) is 6.07 Å². The van der Waals surface area contributed by atoms with Crippen LogP contribution in [0.25, 0.3) is 0 Å². The minimum atomic E-state index is -0.130. The van der Waals surface area contributed by atoms with Crippen LogP contribution in [0.4, 0.5) is 4.39 Å². The molecule has 2 rings (SSSR count). The zero-order valence-electron chi connectivity index (χ0n) is 9.44. The fourth-order valence-electron chi connectivity index (χ4n) is 2.23. The van der Waals surface area contributed by atoms with Crippen molar-refractivity contribution < 1.29 is 4.39 Å². The van der Waals surface area contributed by atoms with Gasteiger partial charge in [0.15, 0.2) is 0 Å². The van der Waals surface area contributed by atoms with Gasteiger partial charge in [0.2, 0.25) is 0 Å². The van der Waals surface area contributed by atoms with Gasteiger partial charge in [0.05, 0.1) is 0 Å². The first-order valence-electron chi connectivity index (χ1n) is 5.55. The molecule has 0 heterocycles. The Morgan fingerprint density at radius 2 is 2.13 bits per heavy atom. The lowest BCUT2D eigenvalue weighted by molar-refractivity contribution is 0.476. The van der Waals surface area contributed by atoms with Crippen molar-refractivity contribution in [2.24, 2.45) is 5.41 Å². The van der Waals surface area contributed by atoms with Crippen LogP contribution in [-0.2, 0) is 6.42 Å². The highest BCUT2D eigenvalue weighted by Crippen LogP contribution is 2.48. The first-order chi connectivity index (χ1) is 7.15. The van der Waals surface area contributed by atoms with Crippen molar-refractivity contribution in [2.75, 3.05) is 13.6 Å². The molecule has 1 aliphatic rings. The van der Waals surface area contributed by atoms with E-state index in [2.05, 4.69) is 5.32 Å². The molecule has 0 amide bonds. The summed E-state index contributed by atoms with van der Waals surface area (Å²) in [7, 11) is 2.00. The molecule has 1 nitrogen and oxygen atoms in total. The van der Waals surface area contributed by atoms with Crippen LogP contribution < -0.4 is 5.32 Å². The fraction of sp³-hybridized carbons (Fsp3) is 0.538. The molecule has 0 bridgehead atoms. The maximum Gasteiger partial charge on any atom is 0.123 e. The fourth-order valence-corrected chi connectivity index (χ4v) is 2.23. The Labute approximate surface area is 90.7 Å². The molecule has 1 saturated carbocycles. The molecule has 1 aromatic rings. The van der Waals surface area contributed by atoms with Crippen LogP contribution in [0.3, 0.4) is 0 Å². The first-order valence-corrected chi connectivity index (χ1v) is 5.55. The van der Waals surface area contributed by atoms with E-state index in [1.165, 1.54) is 18.4 Å². The Kier molecular flexibility index (Phi) is 2.79. The molecule has 0 aliphatic heterocycles. The Morgan fingerprint density at radius 1 is 1.40 bits per heavy atom. The molecule has 0 unspecified atom stereocenters. The van der Waals surface area contributed by atoms with Gasteiger partial charge in [0.25, 0.3) is 0 Å². The average molecular weight is 207 g/mol. The molecule has 82 valence electrons. The van der Waals surface area contributed by atoms with Crippen molar-refractivity contribution >= 4 is 0 Å². The minimum absolute atomic E-state index is 0.130. The predicted molar refractivity (Wildman–Crippen MR) is 60.4 cm³/mol. The van der Waals surface area contributed by atoms with Crippen molar-refractivity contribution in [1.29, 1.82) is 0 Å². The van der Waals surface area contributed by atoms with E-state index in [4.69, 9.17) is 0 Å². The van der Waals surface area contributed by atoms with Gasteiger partial charge in [0.1, 0.15) is 5.82 Å². The van der Waals surface area contributed by atoms with Gasteiger partial charge in [-0.05, 0) is 61.9 Å². The van der Waals surface area contributed by atoms with E-state index < -0.39 is 0 Å². The van der Waals surface area contributed by atoms with Crippen molar-refractivity contribution in [3.8, 4) is 0 Å². The summed E-state index contributed by atoms with van der Waals surface area (Å²) in [4.78, 5) is 0. The molecule has 0 aromatic heterocycles. The molecule has 0 radical (unpaired) electrons. The summed E-state index contributed by atoms with van der Waals surface area (Å²) in [5, 5.41) is 3.25. The van der Waals surface area contributed by atoms with E-state index in [0.717, 1.165) is 18.5 Å². The summed E-state index contributed by atoms with van der Waals surface area (Å²) >= 11 is 0. The van der Waals surface area contributed by atoms with Crippen LogP contribution >= 0.6 is 0 Å². The van der Waals surface area contributed by atoms with Gasteiger partial charge < -0.3 is 5.32 Å². The highest BCUT2D eigenvalue weighted by molar-refractivity contribution is 5.28. The summed E-state index contributed by atoms with van der Waals surface area (Å²) in [6.45, 7) is 3.07. The van der Waals surface area contributed by atoms with Crippen LogP contribution in [0.2, 0.25) is 0 Å². The van der Waals surface area contributed by atoms with E-state index in [0.29, 0.717) is 5.41 Å². The molecular formula is C13H18FN. The molecule has 1 aromatic carbocycles. The molecule has 15 heavy (non-hydrogen) atoms. The lowest BCUT2D eigenvalue weighted by Crippen LogP contribution is -2.22. The quantitative estimate of drug-likeness (QED) is 0.800. The third-order valence-corrected chi connectivity index (χ3v) is 3.38. The number of aryl methyl sites for hydroxylation is 1. The monoisotopic (exact) mass is 207 g/mol. The SMILES string of the molecule is CNCC1(Cc2ccc(F)cc2C)CC1. The number of nitrogens with one attached hydrogen (secondary N) is 1. The summed E-state index contributed by atoms with van der Waals surface area (Å²) in [5.41, 5.74) is 2.83. The Hall–Kier alpha value is -0.890. The van der Waals surface area contributed by atoms with Gasteiger partial charge in [-0.2, -0.15) is 0 Å². The molecule has 0 atom stereocenters. The van der Waals surface area contributed by atoms with E-state index in [1.807, 2.05) is 20.0 Å². The largest absolute Gasteiger partial charge is 0.319 e. The van der Waals surface area contributed by atoms with Crippen molar-refractivity contribution in [1.82, 2.24) is 5.32 Å². The number of rotatable bonds is 4. The summed E-state index contributed by atoms with van der Waals surface area (Å²) in [5.74, 6) is -0.130. The Bertz CT molecular complexity index is 356. The first kappa shape index (κ1) is 10.6. The zero-order chi connectivity index (χ0) is 10.9. The Balaban J connectivity index is 2.11. The average Bonchev–Trinajstić information content (AvgIpc) is 2.91. The molecular weight excluding hydrogens is 189 g/mol. The maximum atomic E-state index is 12.9. The second-order valence-corrected chi connectivity index (χ2v) is 4.78. The molecule has 1 N–H and O–H groups in total. The molecule has 0 spiro atoms. The van der Waals surface area contributed by atoms with Gasteiger partial charge in [-0.25, -0.2) is 4.39 Å². The van der Waals surface area contributed by atoms with Gasteiger partial charge in [-0.15, -0.1) is 0 Å². The normalized spacial score (nSPS) is 17.8. The van der Waals surface area contributed by atoms with Gasteiger partial charge in [-0.3, -0.25) is 0 Å². The lowest BCUT2D eigenvalue weighted by atomic mass is 9.93. The minimum Gasteiger partial charge on any atom is -0.319 e. The third-order valence-electron chi connectivity index (χ3n) is 3.38. The lowest BCUT2D eigenvalue weighted by Gasteiger charge is -2.16. The standard InChI is InChI=1S/C13H18FN/c1-10-7-12(14)4-3-11(10)8-13(5-6-13)9-15-2/h3-4,7,15H,5-6,8-9H2,1-2H3. The van der Waals surface area contributed by atoms with Crippen LogP contribution in [0.15, 0.2) is 18.2 Å². The zero-order valence-corrected chi connectivity index (χ0v) is 9.44. The highest BCUT2D eigenvalue weighted by Gasteiger charge is 2.41. The van der Waals surface area contributed by atoms with E-state index in [1.54, 1.807) is 12.1 Å². The molecule has 1 aliphatic carbocycles. The number of benzene rings is 1. The highest BCUT2D eigenvalue weighted by atomic mass is 19.1. The second-order valence-electron chi connectivity index (χ2n) is 4.78. The number of halogens is 1. The van der Waals surface area contributed by atoms with E-state index in [-0.39, 0.29) is 5.82 Å². The van der Waals surface area contributed by atoms with Crippen molar-refractivity contribution in [2.45, 2.75) is 26.2 Å². The number of hydrogen-bond donors (Lipinski definition) is 1. The molecule has 2 heteroatoms. The summed E-state index contributed by atoms with van der Waals surface area (Å²) in [6.07, 6.45) is 3.68. The van der Waals surface area contributed by atoms with Crippen LogP contribution in [0.5, 0.6) is 0 Å². The smallest absolute Gasteiger partial charge is 0.123 e. The van der Waals surface area contributed by atoms with Crippen LogP contribution in [0.1, 0.15) is 24.0 Å². The number of hydrogen-bond acceptors (Lipinski definition) is 1. The van der Waals surface area contributed by atoms with Crippen LogP contribution in [0, 0.1) is 18.2 Å². The summed E-state index contributed by atoms with van der Waals surface area (Å²) < 4.78 is 12.9. The van der Waals surface area contributed by atoms with Crippen molar-refractivity contribution in [3.05, 3.63) is 35.1 Å². The van der Waals surface area contributed by atoms with Gasteiger partial charge >= 0.3 is 0 Å². The van der Waals surface area contributed by atoms with Gasteiger partial charge in [0, 0.05) is 6.54 Å². The summed E-state index contributed by atoms with van der Waals surface area (Å²) in [6, 6.07) is 5.13. The topological polar surface area (TPSA) is 12.0 Å². The van der Waals surface area contributed by atoms with E-state index in [9.17, 15) is 4.39 Å². The predicted octanol–water partition coefficient (Wildman–Crippen LogP) is 2.68. The van der Waals surface area contributed by atoms with Crippen molar-refractivity contribution in [3.63, 3.8) is 0 Å². The Morgan fingerprint density at radius 3 is 2.67 bits per heavy atom. The van der Waals surface area contributed by atoms with Crippen LogP contribution in [-0.4, -0.2) is 13.6 Å². The second kappa shape index (κ2) is 3.93. The maximum absolute atomic E-state index is 12.9.